The molecule has 3 rings (SSSR count). The molecule has 2 atom stereocenters. The van der Waals surface area contributed by atoms with Crippen molar-refractivity contribution in [3.63, 3.8) is 0 Å². The van der Waals surface area contributed by atoms with Crippen molar-refractivity contribution in [3.8, 4) is 0 Å². The van der Waals surface area contributed by atoms with Gasteiger partial charge in [-0.3, -0.25) is 4.79 Å². The van der Waals surface area contributed by atoms with E-state index in [1.54, 1.807) is 24.0 Å². The summed E-state index contributed by atoms with van der Waals surface area (Å²) in [5.41, 5.74) is 3.42. The van der Waals surface area contributed by atoms with Gasteiger partial charge in [0.15, 0.2) is 0 Å². The standard InChI is InChI=1S/C18H25N3O3S/c1-20(5-6-24-2)8-14-9-21(10-15(14)11-22)18(23)13-3-4-16-17(7-13)25-12-19-16/h3-4,7,12,14-15,22H,5-6,8-11H2,1-2H3. The van der Waals surface area contributed by atoms with Crippen LogP contribution in [0, 0.1) is 11.8 Å². The molecule has 7 heteroatoms. The van der Waals surface area contributed by atoms with E-state index in [2.05, 4.69) is 16.9 Å². The zero-order valence-corrected chi connectivity index (χ0v) is 15.5. The summed E-state index contributed by atoms with van der Waals surface area (Å²) in [5, 5.41) is 9.72. The number of benzene rings is 1. The Hall–Kier alpha value is -1.54. The second-order valence-corrected chi connectivity index (χ2v) is 7.59. The number of aromatic nitrogens is 1. The lowest BCUT2D eigenvalue weighted by Gasteiger charge is -2.23. The first-order valence-corrected chi connectivity index (χ1v) is 9.41. The number of methoxy groups -OCH3 is 1. The summed E-state index contributed by atoms with van der Waals surface area (Å²) in [5.74, 6) is 0.444. The monoisotopic (exact) mass is 363 g/mol. The highest BCUT2D eigenvalue weighted by Gasteiger charge is 2.35. The first-order valence-electron chi connectivity index (χ1n) is 8.53. The molecule has 1 N–H and O–H groups in total. The van der Waals surface area contributed by atoms with Crippen LogP contribution in [0.3, 0.4) is 0 Å². The lowest BCUT2D eigenvalue weighted by atomic mass is 9.96. The van der Waals surface area contributed by atoms with Gasteiger partial charge in [-0.05, 0) is 31.2 Å². The topological polar surface area (TPSA) is 65.9 Å². The highest BCUT2D eigenvalue weighted by Crippen LogP contribution is 2.27. The van der Waals surface area contributed by atoms with Crippen LogP contribution in [0.5, 0.6) is 0 Å². The zero-order valence-electron chi connectivity index (χ0n) is 14.7. The minimum absolute atomic E-state index is 0.0378. The van der Waals surface area contributed by atoms with Crippen molar-refractivity contribution in [2.75, 3.05) is 53.6 Å². The molecule has 0 aliphatic carbocycles. The van der Waals surface area contributed by atoms with Gasteiger partial charge in [0, 0.05) is 51.4 Å². The smallest absolute Gasteiger partial charge is 0.253 e. The molecule has 0 radical (unpaired) electrons. The van der Waals surface area contributed by atoms with Crippen LogP contribution >= 0.6 is 11.3 Å². The normalized spacial score (nSPS) is 20.7. The number of hydrogen-bond acceptors (Lipinski definition) is 6. The fraction of sp³-hybridized carbons (Fsp3) is 0.556. The molecular weight excluding hydrogens is 338 g/mol. The minimum Gasteiger partial charge on any atom is -0.396 e. The summed E-state index contributed by atoms with van der Waals surface area (Å²) in [6.07, 6.45) is 0. The van der Waals surface area contributed by atoms with Crippen LogP contribution in [0.4, 0.5) is 0 Å². The number of thiazole rings is 1. The Kier molecular flexibility index (Phi) is 6.01. The Balaban J connectivity index is 1.66. The van der Waals surface area contributed by atoms with Crippen LogP contribution in [0.25, 0.3) is 10.2 Å². The number of likely N-dealkylation sites (N-methyl/N-ethyl adjacent to an activating group) is 1. The first-order chi connectivity index (χ1) is 12.1. The largest absolute Gasteiger partial charge is 0.396 e. The molecule has 2 heterocycles. The van der Waals surface area contributed by atoms with Crippen molar-refractivity contribution in [2.24, 2.45) is 11.8 Å². The van der Waals surface area contributed by atoms with Gasteiger partial charge in [-0.25, -0.2) is 4.98 Å². The van der Waals surface area contributed by atoms with E-state index in [4.69, 9.17) is 4.74 Å². The van der Waals surface area contributed by atoms with Crippen LogP contribution in [0.2, 0.25) is 0 Å². The van der Waals surface area contributed by atoms with E-state index >= 15 is 0 Å². The van der Waals surface area contributed by atoms with Crippen LogP contribution in [0.15, 0.2) is 23.7 Å². The van der Waals surface area contributed by atoms with Gasteiger partial charge >= 0.3 is 0 Å². The van der Waals surface area contributed by atoms with Crippen molar-refractivity contribution >= 4 is 27.5 Å². The molecule has 1 aromatic heterocycles. The summed E-state index contributed by atoms with van der Waals surface area (Å²) in [7, 11) is 3.75. The average Bonchev–Trinajstić information content (AvgIpc) is 3.25. The van der Waals surface area contributed by atoms with Crippen molar-refractivity contribution in [1.29, 1.82) is 0 Å². The molecule has 2 unspecified atom stereocenters. The van der Waals surface area contributed by atoms with Gasteiger partial charge in [0.2, 0.25) is 0 Å². The van der Waals surface area contributed by atoms with Crippen molar-refractivity contribution in [1.82, 2.24) is 14.8 Å². The molecule has 0 saturated carbocycles. The van der Waals surface area contributed by atoms with E-state index in [-0.39, 0.29) is 24.3 Å². The van der Waals surface area contributed by atoms with E-state index < -0.39 is 0 Å². The van der Waals surface area contributed by atoms with Crippen molar-refractivity contribution in [3.05, 3.63) is 29.3 Å². The van der Waals surface area contributed by atoms with E-state index in [1.165, 1.54) is 0 Å². The fourth-order valence-corrected chi connectivity index (χ4v) is 4.14. The van der Waals surface area contributed by atoms with Gasteiger partial charge in [0.1, 0.15) is 0 Å². The second-order valence-electron chi connectivity index (χ2n) is 6.70. The summed E-state index contributed by atoms with van der Waals surface area (Å²) >= 11 is 1.54. The number of carbonyl (C=O) groups excluding carboxylic acids is 1. The number of likely N-dealkylation sites (tertiary alicyclic amines) is 1. The van der Waals surface area contributed by atoms with Gasteiger partial charge in [-0.2, -0.15) is 0 Å². The van der Waals surface area contributed by atoms with Crippen LogP contribution in [0.1, 0.15) is 10.4 Å². The molecule has 136 valence electrons. The van der Waals surface area contributed by atoms with Crippen LogP contribution < -0.4 is 0 Å². The van der Waals surface area contributed by atoms with Gasteiger partial charge in [0.25, 0.3) is 5.91 Å². The Bertz CT molecular complexity index is 720. The zero-order chi connectivity index (χ0) is 17.8. The maximum atomic E-state index is 12.9. The number of nitrogens with zero attached hydrogens (tertiary/aromatic N) is 3. The molecule has 6 nitrogen and oxygen atoms in total. The summed E-state index contributed by atoms with van der Waals surface area (Å²) < 4.78 is 6.14. The minimum atomic E-state index is 0.0378. The second kappa shape index (κ2) is 8.23. The number of rotatable bonds is 7. The van der Waals surface area contributed by atoms with E-state index in [0.29, 0.717) is 25.3 Å². The SMILES string of the molecule is COCCN(C)CC1CN(C(=O)c2ccc3ncsc3c2)CC1CO. The molecule has 1 saturated heterocycles. The average molecular weight is 363 g/mol. The molecule has 0 bridgehead atoms. The quantitative estimate of drug-likeness (QED) is 0.809. The summed E-state index contributed by atoms with van der Waals surface area (Å²) in [6, 6.07) is 5.66. The number of aliphatic hydroxyl groups is 1. The first kappa shape index (κ1) is 18.3. The molecule has 1 aliphatic rings. The van der Waals surface area contributed by atoms with Gasteiger partial charge < -0.3 is 19.6 Å². The Morgan fingerprint density at radius 2 is 2.24 bits per heavy atom. The third-order valence-corrected chi connectivity index (χ3v) is 5.69. The van der Waals surface area contributed by atoms with Crippen LogP contribution in [-0.4, -0.2) is 79.3 Å². The maximum Gasteiger partial charge on any atom is 0.253 e. The number of amides is 1. The number of hydrogen-bond donors (Lipinski definition) is 1. The van der Waals surface area contributed by atoms with Crippen LogP contribution in [-0.2, 0) is 4.74 Å². The molecule has 25 heavy (non-hydrogen) atoms. The Morgan fingerprint density at radius 1 is 1.44 bits per heavy atom. The van der Waals surface area contributed by atoms with Gasteiger partial charge in [-0.15, -0.1) is 11.3 Å². The fourth-order valence-electron chi connectivity index (χ4n) is 3.43. The lowest BCUT2D eigenvalue weighted by molar-refractivity contribution is 0.0779. The number of fused-ring (bicyclic) bond motifs is 1. The number of ether oxygens (including phenoxy) is 1. The molecule has 1 fully saturated rings. The van der Waals surface area contributed by atoms with Gasteiger partial charge in [-0.1, -0.05) is 0 Å². The predicted molar refractivity (Wildman–Crippen MR) is 99.0 cm³/mol. The van der Waals surface area contributed by atoms with E-state index in [0.717, 1.165) is 23.3 Å². The molecule has 1 aliphatic heterocycles. The number of aliphatic hydroxyl groups excluding tert-OH is 1. The Morgan fingerprint density at radius 3 is 3.00 bits per heavy atom. The lowest BCUT2D eigenvalue weighted by Crippen LogP contribution is -2.33. The predicted octanol–water partition coefficient (Wildman–Crippen LogP) is 1.55. The molecule has 2 aromatic rings. The highest BCUT2D eigenvalue weighted by atomic mass is 32.1. The molecular formula is C18H25N3O3S. The third-order valence-electron chi connectivity index (χ3n) is 4.90. The van der Waals surface area contributed by atoms with E-state index in [9.17, 15) is 9.90 Å². The molecule has 1 amide bonds. The van der Waals surface area contributed by atoms with E-state index in [1.807, 2.05) is 23.1 Å². The maximum absolute atomic E-state index is 12.9. The number of carbonyl (C=O) groups is 1. The summed E-state index contributed by atoms with van der Waals surface area (Å²) in [6.45, 7) is 3.79. The third kappa shape index (κ3) is 4.17. The molecule has 0 spiro atoms. The van der Waals surface area contributed by atoms with Gasteiger partial charge in [0.05, 0.1) is 22.3 Å². The summed E-state index contributed by atoms with van der Waals surface area (Å²) in [4.78, 5) is 21.2. The highest BCUT2D eigenvalue weighted by molar-refractivity contribution is 7.16. The van der Waals surface area contributed by atoms with Crippen molar-refractivity contribution in [2.45, 2.75) is 0 Å². The molecule has 1 aromatic carbocycles. The Labute approximate surface area is 152 Å². The van der Waals surface area contributed by atoms with Crippen molar-refractivity contribution < 1.29 is 14.6 Å².